The molecule has 10 heteroatoms. The van der Waals surface area contributed by atoms with Crippen LogP contribution in [0.3, 0.4) is 0 Å². The summed E-state index contributed by atoms with van der Waals surface area (Å²) in [5.41, 5.74) is -0.0331. The molecule has 130 valence electrons. The van der Waals surface area contributed by atoms with Gasteiger partial charge in [-0.15, -0.1) is 12.4 Å². The Morgan fingerprint density at radius 2 is 2.00 bits per heavy atom. The lowest BCUT2D eigenvalue weighted by molar-refractivity contribution is -0.385. The zero-order valence-corrected chi connectivity index (χ0v) is 15.3. The molecular weight excluding hydrogens is 365 g/mol. The van der Waals surface area contributed by atoms with Crippen LogP contribution in [0.5, 0.6) is 0 Å². The number of nitrogens with zero attached hydrogens (tertiary/aromatic N) is 2. The summed E-state index contributed by atoms with van der Waals surface area (Å²) >= 11 is 5.97. The highest BCUT2D eigenvalue weighted by atomic mass is 35.5. The van der Waals surface area contributed by atoms with Gasteiger partial charge in [-0.25, -0.2) is 8.42 Å². The Kier molecular flexibility index (Phi) is 6.39. The van der Waals surface area contributed by atoms with Gasteiger partial charge in [0.25, 0.3) is 5.69 Å². The molecule has 2 rings (SSSR count). The van der Waals surface area contributed by atoms with Crippen molar-refractivity contribution in [3.05, 3.63) is 32.8 Å². The smallest absolute Gasteiger partial charge is 0.275 e. The third kappa shape index (κ3) is 3.95. The molecular formula is C13H19Cl2N3O4S. The predicted octanol–water partition coefficient (Wildman–Crippen LogP) is 2.35. The minimum absolute atomic E-state index is 0. The van der Waals surface area contributed by atoms with Gasteiger partial charge in [0.15, 0.2) is 0 Å². The molecule has 0 aromatic heterocycles. The van der Waals surface area contributed by atoms with Gasteiger partial charge in [-0.05, 0) is 26.8 Å². The number of halogens is 2. The molecule has 0 aliphatic carbocycles. The molecule has 0 saturated carbocycles. The number of hydrogen-bond donors (Lipinski definition) is 1. The highest BCUT2D eigenvalue weighted by Gasteiger charge is 2.34. The standard InChI is InChI=1S/C13H18ClN3O4S.ClH/c1-8-7-16(9(2)6-15-8)22(20,21)11-4-12(14)10(3)13(5-11)17(18)19;/h4-5,8-9,15H,6-7H2,1-3H3;1H. The van der Waals surface area contributed by atoms with E-state index >= 15 is 0 Å². The van der Waals surface area contributed by atoms with Crippen molar-refractivity contribution in [3.8, 4) is 0 Å². The largest absolute Gasteiger partial charge is 0.311 e. The summed E-state index contributed by atoms with van der Waals surface area (Å²) in [5.74, 6) is 0. The Morgan fingerprint density at radius 3 is 2.57 bits per heavy atom. The van der Waals surface area contributed by atoms with Crippen molar-refractivity contribution in [2.75, 3.05) is 13.1 Å². The Bertz CT molecular complexity index is 711. The van der Waals surface area contributed by atoms with Crippen LogP contribution in [0.15, 0.2) is 17.0 Å². The van der Waals surface area contributed by atoms with Crippen LogP contribution >= 0.6 is 24.0 Å². The van der Waals surface area contributed by atoms with Crippen LogP contribution in [-0.2, 0) is 10.0 Å². The Labute approximate surface area is 146 Å². The van der Waals surface area contributed by atoms with Crippen molar-refractivity contribution in [3.63, 3.8) is 0 Å². The summed E-state index contributed by atoms with van der Waals surface area (Å²) in [6.45, 7) is 6.01. The van der Waals surface area contributed by atoms with Gasteiger partial charge in [-0.2, -0.15) is 4.31 Å². The highest BCUT2D eigenvalue weighted by molar-refractivity contribution is 7.89. The van der Waals surface area contributed by atoms with E-state index in [9.17, 15) is 18.5 Å². The van der Waals surface area contributed by atoms with Gasteiger partial charge in [-0.1, -0.05) is 11.6 Å². The van der Waals surface area contributed by atoms with Crippen LogP contribution in [0, 0.1) is 17.0 Å². The van der Waals surface area contributed by atoms with Gasteiger partial charge in [0.2, 0.25) is 10.0 Å². The number of hydrogen-bond acceptors (Lipinski definition) is 5. The van der Waals surface area contributed by atoms with Crippen molar-refractivity contribution < 1.29 is 13.3 Å². The molecule has 1 aromatic rings. The normalized spacial score (nSPS) is 22.4. The van der Waals surface area contributed by atoms with Crippen LogP contribution in [0.25, 0.3) is 0 Å². The van der Waals surface area contributed by atoms with Crippen molar-refractivity contribution in [1.29, 1.82) is 0 Å². The van der Waals surface area contributed by atoms with E-state index in [4.69, 9.17) is 11.6 Å². The zero-order valence-electron chi connectivity index (χ0n) is 12.9. The van der Waals surface area contributed by atoms with Crippen molar-refractivity contribution in [2.45, 2.75) is 37.8 Å². The van der Waals surface area contributed by atoms with E-state index in [0.717, 1.165) is 6.07 Å². The first-order valence-corrected chi connectivity index (χ1v) is 8.66. The summed E-state index contributed by atoms with van der Waals surface area (Å²) in [7, 11) is -3.83. The third-order valence-electron chi connectivity index (χ3n) is 3.80. The number of piperazine rings is 1. The maximum Gasteiger partial charge on any atom is 0.275 e. The minimum atomic E-state index is -3.83. The average Bonchev–Trinajstić information content (AvgIpc) is 2.43. The molecule has 23 heavy (non-hydrogen) atoms. The van der Waals surface area contributed by atoms with Crippen LogP contribution in [0.4, 0.5) is 5.69 Å². The van der Waals surface area contributed by atoms with Gasteiger partial charge in [-0.3, -0.25) is 10.1 Å². The number of nitro groups is 1. The lowest BCUT2D eigenvalue weighted by Crippen LogP contribution is -2.56. The second-order valence-corrected chi connectivity index (χ2v) is 7.84. The second kappa shape index (κ2) is 7.31. The average molecular weight is 384 g/mol. The second-order valence-electron chi connectivity index (χ2n) is 5.54. The maximum absolute atomic E-state index is 12.8. The minimum Gasteiger partial charge on any atom is -0.311 e. The molecule has 1 aromatic carbocycles. The monoisotopic (exact) mass is 383 g/mol. The highest BCUT2D eigenvalue weighted by Crippen LogP contribution is 2.31. The lowest BCUT2D eigenvalue weighted by Gasteiger charge is -2.36. The molecule has 2 unspecified atom stereocenters. The molecule has 0 radical (unpaired) electrons. The number of nitro benzene ring substituents is 1. The van der Waals surface area contributed by atoms with Crippen LogP contribution < -0.4 is 5.32 Å². The van der Waals surface area contributed by atoms with E-state index in [-0.39, 0.29) is 45.7 Å². The quantitative estimate of drug-likeness (QED) is 0.638. The fourth-order valence-corrected chi connectivity index (χ4v) is 4.48. The van der Waals surface area contributed by atoms with E-state index in [2.05, 4.69) is 5.32 Å². The summed E-state index contributed by atoms with van der Waals surface area (Å²) < 4.78 is 27.0. The molecule has 1 heterocycles. The van der Waals surface area contributed by atoms with E-state index < -0.39 is 14.9 Å². The topological polar surface area (TPSA) is 92.6 Å². The van der Waals surface area contributed by atoms with Crippen molar-refractivity contribution in [2.24, 2.45) is 0 Å². The number of sulfonamides is 1. The van der Waals surface area contributed by atoms with Gasteiger partial charge < -0.3 is 5.32 Å². The Balaban J connectivity index is 0.00000264. The van der Waals surface area contributed by atoms with Gasteiger partial charge in [0.1, 0.15) is 0 Å². The lowest BCUT2D eigenvalue weighted by atomic mass is 10.2. The molecule has 1 saturated heterocycles. The fourth-order valence-electron chi connectivity index (χ4n) is 2.44. The summed E-state index contributed by atoms with van der Waals surface area (Å²) in [6.07, 6.45) is 0. The van der Waals surface area contributed by atoms with Crippen LogP contribution in [-0.4, -0.2) is 42.8 Å². The van der Waals surface area contributed by atoms with Crippen LogP contribution in [0.2, 0.25) is 5.02 Å². The molecule has 1 aliphatic rings. The molecule has 1 aliphatic heterocycles. The zero-order chi connectivity index (χ0) is 16.7. The number of benzene rings is 1. The molecule has 7 nitrogen and oxygen atoms in total. The predicted molar refractivity (Wildman–Crippen MR) is 90.9 cm³/mol. The third-order valence-corrected chi connectivity index (χ3v) is 6.15. The van der Waals surface area contributed by atoms with E-state index in [1.54, 1.807) is 6.92 Å². The Morgan fingerprint density at radius 1 is 1.39 bits per heavy atom. The van der Waals surface area contributed by atoms with Gasteiger partial charge in [0.05, 0.1) is 14.8 Å². The summed E-state index contributed by atoms with van der Waals surface area (Å²) in [5, 5.41) is 14.3. The summed E-state index contributed by atoms with van der Waals surface area (Å²) in [4.78, 5) is 10.3. The van der Waals surface area contributed by atoms with E-state index in [1.165, 1.54) is 17.3 Å². The molecule has 2 atom stereocenters. The SMILES string of the molecule is Cc1c(Cl)cc(S(=O)(=O)N2CC(C)NCC2C)cc1[N+](=O)[O-].Cl. The Hall–Kier alpha value is -0.930. The summed E-state index contributed by atoms with van der Waals surface area (Å²) in [6, 6.07) is 2.14. The van der Waals surface area contributed by atoms with Crippen LogP contribution in [0.1, 0.15) is 19.4 Å². The van der Waals surface area contributed by atoms with E-state index in [1.807, 2.05) is 6.92 Å². The first kappa shape index (κ1) is 20.1. The molecule has 1 N–H and O–H groups in total. The first-order chi connectivity index (χ1) is 10.1. The first-order valence-electron chi connectivity index (χ1n) is 6.84. The molecule has 0 bridgehead atoms. The van der Waals surface area contributed by atoms with Crippen molar-refractivity contribution in [1.82, 2.24) is 9.62 Å². The van der Waals surface area contributed by atoms with Gasteiger partial charge in [0, 0.05) is 36.8 Å². The maximum atomic E-state index is 12.8. The van der Waals surface area contributed by atoms with Crippen molar-refractivity contribution >= 4 is 39.7 Å². The fraction of sp³-hybridized carbons (Fsp3) is 0.538. The molecule has 0 spiro atoms. The van der Waals surface area contributed by atoms with E-state index in [0.29, 0.717) is 13.1 Å². The molecule has 1 fully saturated rings. The van der Waals surface area contributed by atoms with Gasteiger partial charge >= 0.3 is 0 Å². The number of rotatable bonds is 3. The number of nitrogens with one attached hydrogen (secondary N) is 1. The molecule has 0 amide bonds.